The van der Waals surface area contributed by atoms with E-state index in [1.165, 1.54) is 80.9 Å². The molecule has 8 nitrogen and oxygen atoms in total. The average molecular weight is 1450 g/mol. The fourth-order valence-electron chi connectivity index (χ4n) is 19.6. The van der Waals surface area contributed by atoms with Crippen LogP contribution in [0, 0.1) is 0 Å². The lowest BCUT2D eigenvalue weighted by atomic mass is 9.99. The van der Waals surface area contributed by atoms with Gasteiger partial charge in [-0.05, 0) is 204 Å². The molecule has 8 heterocycles. The molecule has 0 aliphatic rings. The summed E-state index contributed by atoms with van der Waals surface area (Å²) in [6.45, 7) is 0. The van der Waals surface area contributed by atoms with E-state index in [-0.39, 0.29) is 0 Å². The fourth-order valence-corrected chi connectivity index (χ4v) is 19.6. The quantitative estimate of drug-likeness (QED) is 0.149. The smallest absolute Gasteiger partial charge is 0.178 e. The molecule has 0 radical (unpaired) electrons. The lowest BCUT2D eigenvalue weighted by Gasteiger charge is -2.14. The van der Waals surface area contributed by atoms with Gasteiger partial charge >= 0.3 is 0 Å². The van der Waals surface area contributed by atoms with Crippen molar-refractivity contribution in [2.24, 2.45) is 0 Å². The second-order valence-electron chi connectivity index (χ2n) is 30.6. The molecule has 0 aliphatic carbocycles. The van der Waals surface area contributed by atoms with Gasteiger partial charge in [-0.15, -0.1) is 0 Å². The number of fused-ring (bicyclic) bond motifs is 27. The molecule has 0 amide bonds. The number of furan rings is 2. The van der Waals surface area contributed by atoms with Gasteiger partial charge in [-0.1, -0.05) is 237 Å². The lowest BCUT2D eigenvalue weighted by molar-refractivity contribution is 0.666. The topological polar surface area (TPSA) is 71.8 Å². The van der Waals surface area contributed by atoms with Gasteiger partial charge in [0, 0.05) is 76.0 Å². The third-order valence-corrected chi connectivity index (χ3v) is 24.6. The molecule has 0 spiro atoms. The predicted molar refractivity (Wildman–Crippen MR) is 475 cm³/mol. The number of benzene rings is 18. The molecule has 0 saturated carbocycles. The number of hydrogen-bond acceptors (Lipinski definition) is 4. The minimum Gasteiger partial charge on any atom is -0.452 e. The molecule has 0 unspecified atom stereocenters. The normalized spacial score (nSPS) is 12.4. The molecule has 8 heteroatoms. The molecule has 26 aromatic rings. The number of pyridine rings is 2. The van der Waals surface area contributed by atoms with Crippen LogP contribution in [-0.4, -0.2) is 28.2 Å². The molecule has 0 atom stereocenters. The van der Waals surface area contributed by atoms with Crippen LogP contribution in [0.1, 0.15) is 0 Å². The highest BCUT2D eigenvalue weighted by Crippen LogP contribution is 2.48. The number of para-hydroxylation sites is 5. The Kier molecular flexibility index (Phi) is 12.5. The van der Waals surface area contributed by atoms with Crippen LogP contribution < -0.4 is 0 Å². The minimum absolute atomic E-state index is 0.739. The van der Waals surface area contributed by atoms with Gasteiger partial charge in [0.2, 0.25) is 0 Å². The predicted octanol–water partition coefficient (Wildman–Crippen LogP) is 28.6. The van der Waals surface area contributed by atoms with Crippen LogP contribution in [0.3, 0.4) is 0 Å². The van der Waals surface area contributed by atoms with E-state index in [4.69, 9.17) is 18.8 Å². The highest BCUT2D eigenvalue weighted by molar-refractivity contribution is 6.25. The Balaban J connectivity index is 0.625. The first-order chi connectivity index (χ1) is 56.5. The van der Waals surface area contributed by atoms with Crippen molar-refractivity contribution in [3.05, 3.63) is 364 Å². The van der Waals surface area contributed by atoms with Crippen LogP contribution in [0.15, 0.2) is 373 Å². The molecular formula is C106H60N6O2. The van der Waals surface area contributed by atoms with Gasteiger partial charge in [0.1, 0.15) is 33.6 Å². The number of rotatable bonds is 7. The molecule has 526 valence electrons. The summed E-state index contributed by atoms with van der Waals surface area (Å²) in [5.41, 5.74) is 26.3. The summed E-state index contributed by atoms with van der Waals surface area (Å²) in [6, 6.07) is 133. The standard InChI is InChI=1S/C106H60N6O2/c1-4-23-73-61(18-1)36-37-70-55-72(45-49-74(70)73)110-92-51-44-66(57-86(92)100-76-25-6-3-20-63(76)42-53-94(100)110)69-39-47-80-78-27-9-14-33-90(78)112(96(80)60-69)104-82-48-40-67(58-88(82)108-102-84-30-11-16-35-98(84)114-106(102)104)64-21-17-22-71(54-64)109-91-50-43-65(56-85(91)99-75-24-5-2-19-62(75)41-52-93(99)109)68-38-46-79-77-26-8-13-32-89(77)111(95(79)59-68)103-81-28-7-12-31-87(81)107-101-83-29-10-15-34-97(83)113-105(101)103/h1-60H. The van der Waals surface area contributed by atoms with Gasteiger partial charge in [-0.2, -0.15) is 0 Å². The van der Waals surface area contributed by atoms with Crippen LogP contribution in [0.2, 0.25) is 0 Å². The molecule has 26 rings (SSSR count). The van der Waals surface area contributed by atoms with Crippen LogP contribution >= 0.6 is 0 Å². The zero-order valence-corrected chi connectivity index (χ0v) is 61.1. The van der Waals surface area contributed by atoms with Crippen LogP contribution in [-0.2, 0) is 0 Å². The minimum atomic E-state index is 0.739. The van der Waals surface area contributed by atoms with E-state index in [0.29, 0.717) is 0 Å². The summed E-state index contributed by atoms with van der Waals surface area (Å²) >= 11 is 0. The van der Waals surface area contributed by atoms with Gasteiger partial charge in [0.15, 0.2) is 11.2 Å². The lowest BCUT2D eigenvalue weighted by Crippen LogP contribution is -1.98. The fraction of sp³-hybridized carbons (Fsp3) is 0. The highest BCUT2D eigenvalue weighted by atomic mass is 16.3. The second-order valence-corrected chi connectivity index (χ2v) is 30.6. The summed E-state index contributed by atoms with van der Waals surface area (Å²) < 4.78 is 23.8. The van der Waals surface area contributed by atoms with Crippen molar-refractivity contribution >= 4 is 196 Å². The summed E-state index contributed by atoms with van der Waals surface area (Å²) in [6.07, 6.45) is 0. The molecule has 0 bridgehead atoms. The maximum atomic E-state index is 7.12. The third kappa shape index (κ3) is 8.65. The van der Waals surface area contributed by atoms with Crippen molar-refractivity contribution in [2.45, 2.75) is 0 Å². The van der Waals surface area contributed by atoms with Gasteiger partial charge in [0.25, 0.3) is 0 Å². The summed E-state index contributed by atoms with van der Waals surface area (Å²) in [4.78, 5) is 10.9. The van der Waals surface area contributed by atoms with Crippen molar-refractivity contribution in [1.29, 1.82) is 0 Å². The monoisotopic (exact) mass is 1450 g/mol. The molecule has 0 N–H and O–H groups in total. The van der Waals surface area contributed by atoms with Gasteiger partial charge < -0.3 is 27.1 Å². The Morgan fingerprint density at radius 1 is 0.193 bits per heavy atom. The molecule has 0 saturated heterocycles. The Morgan fingerprint density at radius 2 is 0.570 bits per heavy atom. The first-order valence-electron chi connectivity index (χ1n) is 39.0. The molecular weight excluding hydrogens is 1390 g/mol. The van der Waals surface area contributed by atoms with Crippen LogP contribution in [0.5, 0.6) is 0 Å². The van der Waals surface area contributed by atoms with E-state index in [1.807, 2.05) is 18.2 Å². The molecule has 0 aliphatic heterocycles. The molecule has 0 fully saturated rings. The number of nitrogens with zero attached hydrogens (tertiary/aromatic N) is 6. The van der Waals surface area contributed by atoms with Crippen LogP contribution in [0.25, 0.3) is 252 Å². The van der Waals surface area contributed by atoms with Crippen LogP contribution in [0.4, 0.5) is 0 Å². The van der Waals surface area contributed by atoms with Gasteiger partial charge in [-0.25, -0.2) is 9.97 Å². The van der Waals surface area contributed by atoms with E-state index in [0.717, 1.165) is 171 Å². The maximum Gasteiger partial charge on any atom is 0.178 e. The molecule has 114 heavy (non-hydrogen) atoms. The number of hydrogen-bond donors (Lipinski definition) is 0. The first kappa shape index (κ1) is 61.5. The first-order valence-corrected chi connectivity index (χ1v) is 39.0. The Labute approximate surface area is 649 Å². The second kappa shape index (κ2) is 23.1. The summed E-state index contributed by atoms with van der Waals surface area (Å²) in [5.74, 6) is 0. The number of aromatic nitrogens is 6. The van der Waals surface area contributed by atoms with Crippen molar-refractivity contribution in [2.75, 3.05) is 0 Å². The zero-order valence-electron chi connectivity index (χ0n) is 61.1. The third-order valence-electron chi connectivity index (χ3n) is 24.6. The van der Waals surface area contributed by atoms with Crippen molar-refractivity contribution in [3.8, 4) is 56.1 Å². The highest BCUT2D eigenvalue weighted by Gasteiger charge is 2.27. The summed E-state index contributed by atoms with van der Waals surface area (Å²) in [5, 5.41) is 23.3. The van der Waals surface area contributed by atoms with E-state index in [1.54, 1.807) is 0 Å². The molecule has 8 aromatic heterocycles. The Hall–Kier alpha value is -15.4. The molecule has 18 aromatic carbocycles. The Bertz CT molecular complexity index is 8780. The maximum absolute atomic E-state index is 7.12. The van der Waals surface area contributed by atoms with Gasteiger partial charge in [0.05, 0.1) is 55.2 Å². The largest absolute Gasteiger partial charge is 0.452 e. The average Bonchev–Trinajstić information content (AvgIpc) is 1.57. The van der Waals surface area contributed by atoms with Gasteiger partial charge in [-0.3, -0.25) is 0 Å². The van der Waals surface area contributed by atoms with Crippen molar-refractivity contribution in [3.63, 3.8) is 0 Å². The van der Waals surface area contributed by atoms with E-state index >= 15 is 0 Å². The van der Waals surface area contributed by atoms with E-state index in [9.17, 15) is 0 Å². The summed E-state index contributed by atoms with van der Waals surface area (Å²) in [7, 11) is 0. The Morgan fingerprint density at radius 3 is 1.16 bits per heavy atom. The van der Waals surface area contributed by atoms with E-state index in [2.05, 4.69) is 364 Å². The van der Waals surface area contributed by atoms with Crippen molar-refractivity contribution in [1.82, 2.24) is 28.2 Å². The zero-order chi connectivity index (χ0) is 74.1. The van der Waals surface area contributed by atoms with E-state index < -0.39 is 0 Å². The van der Waals surface area contributed by atoms with Crippen molar-refractivity contribution < 1.29 is 8.83 Å². The SMILES string of the molecule is c1cc(-c2ccc3c(-n4c5ccccc5c5ccc(-c6ccc7c(c6)c6c8ccccc8ccc6n7-c6ccc7c(ccc8ccccc87)c6)cc54)c4oc5ccccc5c4nc3c2)cc(-n2c3ccc(-c4ccc5c6ccccc6n(-c6c7ccccc7nc7c6oc6ccccc67)c5c4)cc3c3c4ccccc4ccc32)c1.